The zero-order chi connectivity index (χ0) is 19.7. The molecule has 0 bridgehead atoms. The van der Waals surface area contributed by atoms with E-state index in [-0.39, 0.29) is 17.9 Å². The molecule has 0 saturated carbocycles. The summed E-state index contributed by atoms with van der Waals surface area (Å²) < 4.78 is 0. The van der Waals surface area contributed by atoms with Crippen molar-refractivity contribution in [2.45, 2.75) is 25.3 Å². The van der Waals surface area contributed by atoms with E-state index in [0.29, 0.717) is 17.1 Å². The molecule has 2 aromatic heterocycles. The molecule has 3 heterocycles. The number of anilines is 1. The van der Waals surface area contributed by atoms with Gasteiger partial charge in [-0.2, -0.15) is 0 Å². The number of likely N-dealkylation sites (N-methyl/N-ethyl adjacent to an activating group) is 1. The van der Waals surface area contributed by atoms with Gasteiger partial charge in [0.15, 0.2) is 0 Å². The van der Waals surface area contributed by atoms with Gasteiger partial charge in [0.25, 0.3) is 5.91 Å². The van der Waals surface area contributed by atoms with Gasteiger partial charge in [0.05, 0.1) is 24.0 Å². The summed E-state index contributed by atoms with van der Waals surface area (Å²) in [5.74, 6) is 0.0123. The fourth-order valence-electron chi connectivity index (χ4n) is 3.46. The number of carbonyl (C=O) groups is 2. The van der Waals surface area contributed by atoms with E-state index in [1.807, 2.05) is 36.0 Å². The number of amides is 2. The monoisotopic (exact) mass is 389 g/mol. The highest BCUT2D eigenvalue weighted by Crippen LogP contribution is 2.36. The summed E-state index contributed by atoms with van der Waals surface area (Å²) in [5, 5.41) is 0.802. The molecule has 1 aliphatic heterocycles. The van der Waals surface area contributed by atoms with Crippen LogP contribution in [0.25, 0.3) is 10.2 Å². The maximum absolute atomic E-state index is 12.7. The van der Waals surface area contributed by atoms with Crippen LogP contribution < -0.4 is 5.73 Å². The first-order valence-corrected chi connectivity index (χ1v) is 9.96. The fraction of sp³-hybridized carbons (Fsp3) is 0.526. The highest BCUT2D eigenvalue weighted by Gasteiger charge is 2.29. The summed E-state index contributed by atoms with van der Waals surface area (Å²) in [6, 6.07) is 3.85. The van der Waals surface area contributed by atoms with Gasteiger partial charge >= 0.3 is 0 Å². The number of fused-ring (bicyclic) bond motifs is 1. The first-order valence-electron chi connectivity index (χ1n) is 9.14. The van der Waals surface area contributed by atoms with Crippen molar-refractivity contribution in [3.05, 3.63) is 22.7 Å². The summed E-state index contributed by atoms with van der Waals surface area (Å²) in [6.45, 7) is 1.15. The van der Waals surface area contributed by atoms with Crippen LogP contribution >= 0.6 is 11.3 Å². The lowest BCUT2D eigenvalue weighted by Gasteiger charge is -2.36. The molecule has 27 heavy (non-hydrogen) atoms. The number of carbonyl (C=O) groups excluding carboxylic acids is 2. The molecule has 1 unspecified atom stereocenters. The van der Waals surface area contributed by atoms with Gasteiger partial charge in [-0.15, -0.1) is 11.3 Å². The average Bonchev–Trinajstić information content (AvgIpc) is 2.96. The van der Waals surface area contributed by atoms with Crippen LogP contribution in [0.5, 0.6) is 0 Å². The number of rotatable bonds is 4. The molecule has 2 aromatic rings. The number of pyridine rings is 1. The van der Waals surface area contributed by atoms with Crippen LogP contribution in [0.15, 0.2) is 12.1 Å². The molecule has 146 valence electrons. The lowest BCUT2D eigenvalue weighted by atomic mass is 9.98. The smallest absolute Gasteiger partial charge is 0.265 e. The number of nitrogens with zero attached hydrogens (tertiary/aromatic N) is 4. The van der Waals surface area contributed by atoms with Gasteiger partial charge in [0.1, 0.15) is 9.71 Å². The van der Waals surface area contributed by atoms with Gasteiger partial charge < -0.3 is 20.4 Å². The van der Waals surface area contributed by atoms with Gasteiger partial charge in [0.2, 0.25) is 5.91 Å². The number of nitrogen functional groups attached to an aromatic ring is 1. The van der Waals surface area contributed by atoms with Gasteiger partial charge in [-0.05, 0) is 45.5 Å². The molecule has 3 rings (SSSR count). The Morgan fingerprint density at radius 1 is 1.26 bits per heavy atom. The first-order chi connectivity index (χ1) is 12.8. The zero-order valence-electron chi connectivity index (χ0n) is 16.4. The van der Waals surface area contributed by atoms with Crippen molar-refractivity contribution in [2.24, 2.45) is 0 Å². The van der Waals surface area contributed by atoms with Crippen molar-refractivity contribution in [3.63, 3.8) is 0 Å². The standard InChI is InChI=1S/C19H27N5O2S/c1-22(2)11-15(25)24-10-6-5-7-14(24)13-9-8-12-16(20)17(19(26)23(3)4)27-18(12)21-13/h8-9,14H,5-7,10-11,20H2,1-4H3. The van der Waals surface area contributed by atoms with E-state index in [1.54, 1.807) is 14.1 Å². The van der Waals surface area contributed by atoms with Gasteiger partial charge in [-0.25, -0.2) is 4.98 Å². The van der Waals surface area contributed by atoms with E-state index < -0.39 is 0 Å². The quantitative estimate of drug-likeness (QED) is 0.867. The third-order valence-corrected chi connectivity index (χ3v) is 5.94. The summed E-state index contributed by atoms with van der Waals surface area (Å²) >= 11 is 1.32. The molecule has 1 atom stereocenters. The second kappa shape index (κ2) is 7.82. The normalized spacial score (nSPS) is 17.5. The van der Waals surface area contributed by atoms with Crippen LogP contribution in [0, 0.1) is 0 Å². The van der Waals surface area contributed by atoms with E-state index in [2.05, 4.69) is 0 Å². The highest BCUT2D eigenvalue weighted by atomic mass is 32.1. The molecule has 0 radical (unpaired) electrons. The molecule has 0 aliphatic carbocycles. The third-order valence-electron chi connectivity index (χ3n) is 4.83. The van der Waals surface area contributed by atoms with Crippen LogP contribution in [-0.2, 0) is 4.79 Å². The Labute approximate surface area is 163 Å². The molecular weight excluding hydrogens is 362 g/mol. The van der Waals surface area contributed by atoms with Crippen LogP contribution in [0.3, 0.4) is 0 Å². The van der Waals surface area contributed by atoms with E-state index in [0.717, 1.165) is 41.7 Å². The minimum absolute atomic E-state index is 0.0214. The number of nitrogens with two attached hydrogens (primary N) is 1. The molecule has 2 N–H and O–H groups in total. The van der Waals surface area contributed by atoms with Crippen molar-refractivity contribution in [2.75, 3.05) is 47.0 Å². The lowest BCUT2D eigenvalue weighted by molar-refractivity contribution is -0.135. The minimum Gasteiger partial charge on any atom is -0.397 e. The summed E-state index contributed by atoms with van der Waals surface area (Å²) in [5.41, 5.74) is 7.55. The Morgan fingerprint density at radius 2 is 2.00 bits per heavy atom. The van der Waals surface area contributed by atoms with Crippen molar-refractivity contribution >= 4 is 39.1 Å². The van der Waals surface area contributed by atoms with Gasteiger partial charge in [-0.3, -0.25) is 9.59 Å². The van der Waals surface area contributed by atoms with Crippen molar-refractivity contribution < 1.29 is 9.59 Å². The maximum Gasteiger partial charge on any atom is 0.265 e. The number of piperidine rings is 1. The van der Waals surface area contributed by atoms with E-state index >= 15 is 0 Å². The van der Waals surface area contributed by atoms with Crippen LogP contribution in [0.2, 0.25) is 0 Å². The van der Waals surface area contributed by atoms with Gasteiger partial charge in [-0.1, -0.05) is 0 Å². The Morgan fingerprint density at radius 3 is 2.67 bits per heavy atom. The summed E-state index contributed by atoms with van der Waals surface area (Å²) in [6.07, 6.45) is 3.00. The van der Waals surface area contributed by atoms with Crippen LogP contribution in [0.1, 0.15) is 40.7 Å². The molecule has 7 nitrogen and oxygen atoms in total. The Hall–Kier alpha value is -2.19. The molecule has 1 aliphatic rings. The topological polar surface area (TPSA) is 82.8 Å². The predicted molar refractivity (Wildman–Crippen MR) is 109 cm³/mol. The van der Waals surface area contributed by atoms with Crippen molar-refractivity contribution in [1.82, 2.24) is 19.7 Å². The Bertz CT molecular complexity index is 861. The molecule has 0 aromatic carbocycles. The summed E-state index contributed by atoms with van der Waals surface area (Å²) in [7, 11) is 7.22. The van der Waals surface area contributed by atoms with Crippen LogP contribution in [0.4, 0.5) is 5.69 Å². The Kier molecular flexibility index (Phi) is 5.67. The fourth-order valence-corrected chi connectivity index (χ4v) is 4.58. The number of hydrogen-bond acceptors (Lipinski definition) is 6. The second-order valence-corrected chi connectivity index (χ2v) is 8.47. The number of aromatic nitrogens is 1. The number of thiophene rings is 1. The first kappa shape index (κ1) is 19.6. The van der Waals surface area contributed by atoms with E-state index in [4.69, 9.17) is 10.7 Å². The highest BCUT2D eigenvalue weighted by molar-refractivity contribution is 7.21. The second-order valence-electron chi connectivity index (χ2n) is 7.47. The minimum atomic E-state index is -0.113. The summed E-state index contributed by atoms with van der Waals surface area (Å²) in [4.78, 5) is 36.4. The SMILES string of the molecule is CN(C)CC(=O)N1CCCCC1c1ccc2c(N)c(C(=O)N(C)C)sc2n1. The van der Waals surface area contributed by atoms with Gasteiger partial charge in [0, 0.05) is 26.0 Å². The average molecular weight is 390 g/mol. The molecule has 1 saturated heterocycles. The van der Waals surface area contributed by atoms with Crippen LogP contribution in [-0.4, -0.2) is 72.8 Å². The Balaban J connectivity index is 1.95. The number of hydrogen-bond donors (Lipinski definition) is 1. The molecular formula is C19H27N5O2S. The molecule has 2 amide bonds. The molecule has 8 heteroatoms. The predicted octanol–water partition coefficient (Wildman–Crippen LogP) is 2.20. The van der Waals surface area contributed by atoms with E-state index in [9.17, 15) is 9.59 Å². The van der Waals surface area contributed by atoms with E-state index in [1.165, 1.54) is 16.2 Å². The number of likely N-dealkylation sites (tertiary alicyclic amines) is 1. The molecule has 1 fully saturated rings. The largest absolute Gasteiger partial charge is 0.397 e. The third kappa shape index (κ3) is 3.91. The van der Waals surface area contributed by atoms with Crippen molar-refractivity contribution in [3.8, 4) is 0 Å². The maximum atomic E-state index is 12.7. The van der Waals surface area contributed by atoms with Crippen molar-refractivity contribution in [1.29, 1.82) is 0 Å². The zero-order valence-corrected chi connectivity index (χ0v) is 17.2. The lowest BCUT2D eigenvalue weighted by Crippen LogP contribution is -2.43. The molecule has 0 spiro atoms.